The number of phenols is 1. The van der Waals surface area contributed by atoms with Gasteiger partial charge in [0.15, 0.2) is 6.61 Å². The first-order valence-electron chi connectivity index (χ1n) is 11.7. The molecule has 0 aliphatic carbocycles. The van der Waals surface area contributed by atoms with Crippen molar-refractivity contribution in [2.24, 2.45) is 0 Å². The van der Waals surface area contributed by atoms with Crippen LogP contribution in [0, 0.1) is 0 Å². The number of hydrogen-bond acceptors (Lipinski definition) is 6. The average Bonchev–Trinajstić information content (AvgIpc) is 2.91. The zero-order chi connectivity index (χ0) is 25.9. The fourth-order valence-electron chi connectivity index (χ4n) is 4.14. The second kappa shape index (κ2) is 10.4. The maximum Gasteiger partial charge on any atom is 0.326 e. The molecule has 0 radical (unpaired) electrons. The summed E-state index contributed by atoms with van der Waals surface area (Å²) in [5, 5.41) is 9.76. The number of anilines is 1. The van der Waals surface area contributed by atoms with Crippen molar-refractivity contribution >= 4 is 33.5 Å². The van der Waals surface area contributed by atoms with Crippen LogP contribution in [-0.2, 0) is 14.3 Å². The van der Waals surface area contributed by atoms with Gasteiger partial charge in [-0.2, -0.15) is 0 Å². The highest BCUT2D eigenvalue weighted by molar-refractivity contribution is 9.10. The SMILES string of the molecule is CCOC(=O)CN1C(=O)COc2ccc(-c3cc(-c4ccc(O)cc4)cc(-c4ccc(Br)cc4)n3)cc21. The molecule has 0 atom stereocenters. The molecule has 4 aromatic rings. The van der Waals surface area contributed by atoms with Gasteiger partial charge in [0.25, 0.3) is 5.91 Å². The molecule has 1 aromatic heterocycles. The summed E-state index contributed by atoms with van der Waals surface area (Å²) in [6, 6.07) is 24.3. The number of carbonyl (C=O) groups is 2. The topological polar surface area (TPSA) is 89.0 Å². The average molecular weight is 559 g/mol. The van der Waals surface area contributed by atoms with Crippen molar-refractivity contribution in [1.82, 2.24) is 4.98 Å². The van der Waals surface area contributed by atoms with Crippen LogP contribution in [0.1, 0.15) is 6.92 Å². The monoisotopic (exact) mass is 558 g/mol. The molecule has 5 rings (SSSR count). The van der Waals surface area contributed by atoms with Crippen molar-refractivity contribution in [2.45, 2.75) is 6.92 Å². The third-order valence-corrected chi connectivity index (χ3v) is 6.48. The lowest BCUT2D eigenvalue weighted by molar-refractivity contribution is -0.142. The molecule has 1 aliphatic rings. The highest BCUT2D eigenvalue weighted by atomic mass is 79.9. The van der Waals surface area contributed by atoms with Crippen molar-refractivity contribution in [2.75, 3.05) is 24.7 Å². The molecule has 0 saturated heterocycles. The molecule has 186 valence electrons. The molecule has 3 aromatic carbocycles. The van der Waals surface area contributed by atoms with Gasteiger partial charge in [-0.1, -0.05) is 40.2 Å². The predicted octanol–water partition coefficient (Wildman–Crippen LogP) is 5.84. The van der Waals surface area contributed by atoms with Crippen molar-refractivity contribution in [3.8, 4) is 45.1 Å². The van der Waals surface area contributed by atoms with E-state index in [-0.39, 0.29) is 31.4 Å². The minimum atomic E-state index is -0.487. The Bertz CT molecular complexity index is 1410. The lowest BCUT2D eigenvalue weighted by atomic mass is 9.99. The maximum absolute atomic E-state index is 12.6. The third-order valence-electron chi connectivity index (χ3n) is 5.96. The first-order chi connectivity index (χ1) is 17.9. The van der Waals surface area contributed by atoms with Gasteiger partial charge in [0.2, 0.25) is 0 Å². The minimum absolute atomic E-state index is 0.145. The third kappa shape index (κ3) is 5.34. The van der Waals surface area contributed by atoms with Crippen molar-refractivity contribution in [1.29, 1.82) is 0 Å². The van der Waals surface area contributed by atoms with Gasteiger partial charge in [-0.15, -0.1) is 0 Å². The summed E-state index contributed by atoms with van der Waals surface area (Å²) in [4.78, 5) is 31.1. The molecule has 1 aliphatic heterocycles. The van der Waals surface area contributed by atoms with Crippen LogP contribution in [-0.4, -0.2) is 41.7 Å². The number of aromatic nitrogens is 1. The fraction of sp³-hybridized carbons (Fsp3) is 0.138. The zero-order valence-electron chi connectivity index (χ0n) is 20.0. The number of phenolic OH excluding ortho intramolecular Hbond substituents is 1. The van der Waals surface area contributed by atoms with E-state index in [0.717, 1.165) is 32.4 Å². The molecule has 7 nitrogen and oxygen atoms in total. The molecular weight excluding hydrogens is 536 g/mol. The summed E-state index contributed by atoms with van der Waals surface area (Å²) in [5.74, 6) is -0.110. The number of halogens is 1. The quantitative estimate of drug-likeness (QED) is 0.299. The van der Waals surface area contributed by atoms with Gasteiger partial charge in [-0.3, -0.25) is 14.5 Å². The predicted molar refractivity (Wildman–Crippen MR) is 144 cm³/mol. The number of rotatable bonds is 6. The van der Waals surface area contributed by atoms with Gasteiger partial charge in [-0.25, -0.2) is 4.98 Å². The van der Waals surface area contributed by atoms with Crippen LogP contribution in [0.2, 0.25) is 0 Å². The van der Waals surface area contributed by atoms with Gasteiger partial charge < -0.3 is 14.6 Å². The maximum atomic E-state index is 12.6. The first kappa shape index (κ1) is 24.5. The Kier molecular flexibility index (Phi) is 6.92. The summed E-state index contributed by atoms with van der Waals surface area (Å²) in [7, 11) is 0. The molecule has 1 amide bonds. The molecule has 0 saturated carbocycles. The lowest BCUT2D eigenvalue weighted by Crippen LogP contribution is -2.42. The molecule has 0 bridgehead atoms. The number of ether oxygens (including phenoxy) is 2. The molecule has 0 fully saturated rings. The molecule has 8 heteroatoms. The van der Waals surface area contributed by atoms with Gasteiger partial charge in [0.1, 0.15) is 18.0 Å². The molecular formula is C29H23BrN2O5. The summed E-state index contributed by atoms with van der Waals surface area (Å²) in [5.41, 5.74) is 5.46. The van der Waals surface area contributed by atoms with E-state index < -0.39 is 5.97 Å². The van der Waals surface area contributed by atoms with Crippen LogP contribution in [0.5, 0.6) is 11.5 Å². The highest BCUT2D eigenvalue weighted by Crippen LogP contribution is 2.37. The van der Waals surface area contributed by atoms with E-state index in [1.807, 2.05) is 54.6 Å². The van der Waals surface area contributed by atoms with E-state index in [1.165, 1.54) is 4.90 Å². The van der Waals surface area contributed by atoms with Crippen LogP contribution < -0.4 is 9.64 Å². The number of aromatic hydroxyl groups is 1. The van der Waals surface area contributed by atoms with Crippen LogP contribution >= 0.6 is 15.9 Å². The Morgan fingerprint density at radius 3 is 2.30 bits per heavy atom. The number of nitrogens with zero attached hydrogens (tertiary/aromatic N) is 2. The number of fused-ring (bicyclic) bond motifs is 1. The molecule has 2 heterocycles. The van der Waals surface area contributed by atoms with E-state index in [0.29, 0.717) is 17.1 Å². The van der Waals surface area contributed by atoms with Crippen LogP contribution in [0.4, 0.5) is 5.69 Å². The number of benzene rings is 3. The van der Waals surface area contributed by atoms with Crippen LogP contribution in [0.15, 0.2) is 83.3 Å². The second-order valence-corrected chi connectivity index (χ2v) is 9.35. The number of amides is 1. The summed E-state index contributed by atoms with van der Waals surface area (Å²) in [6.45, 7) is 1.61. The van der Waals surface area contributed by atoms with Gasteiger partial charge in [-0.05, 0) is 72.6 Å². The van der Waals surface area contributed by atoms with E-state index in [1.54, 1.807) is 31.2 Å². The highest BCUT2D eigenvalue weighted by Gasteiger charge is 2.28. The van der Waals surface area contributed by atoms with E-state index >= 15 is 0 Å². The van der Waals surface area contributed by atoms with Crippen molar-refractivity contribution in [3.05, 3.63) is 83.3 Å². The van der Waals surface area contributed by atoms with Crippen molar-refractivity contribution in [3.63, 3.8) is 0 Å². The Morgan fingerprint density at radius 2 is 1.59 bits per heavy atom. The second-order valence-electron chi connectivity index (χ2n) is 8.44. The number of pyridine rings is 1. The Hall–Kier alpha value is -4.17. The van der Waals surface area contributed by atoms with Gasteiger partial charge in [0, 0.05) is 15.6 Å². The van der Waals surface area contributed by atoms with Gasteiger partial charge in [0.05, 0.1) is 23.7 Å². The summed E-state index contributed by atoms with van der Waals surface area (Å²) < 4.78 is 11.6. The van der Waals surface area contributed by atoms with E-state index in [4.69, 9.17) is 14.5 Å². The number of carbonyl (C=O) groups excluding carboxylic acids is 2. The number of esters is 1. The zero-order valence-corrected chi connectivity index (χ0v) is 21.6. The van der Waals surface area contributed by atoms with E-state index in [9.17, 15) is 14.7 Å². The summed E-state index contributed by atoms with van der Waals surface area (Å²) in [6.07, 6.45) is 0. The molecule has 1 N–H and O–H groups in total. The molecule has 0 spiro atoms. The smallest absolute Gasteiger partial charge is 0.326 e. The van der Waals surface area contributed by atoms with E-state index in [2.05, 4.69) is 15.9 Å². The largest absolute Gasteiger partial charge is 0.508 e. The molecule has 37 heavy (non-hydrogen) atoms. The van der Waals surface area contributed by atoms with Gasteiger partial charge >= 0.3 is 5.97 Å². The summed E-state index contributed by atoms with van der Waals surface area (Å²) >= 11 is 3.48. The van der Waals surface area contributed by atoms with Crippen LogP contribution in [0.3, 0.4) is 0 Å². The standard InChI is InChI=1S/C29H23BrN2O5/c1-2-36-29(35)16-32-26-15-20(7-12-27(26)37-17-28(32)34)25-14-21(18-5-10-23(33)11-6-18)13-24(31-25)19-3-8-22(30)9-4-19/h3-15,33H,2,16-17H2,1H3. The normalized spacial score (nSPS) is 12.6. The lowest BCUT2D eigenvalue weighted by Gasteiger charge is -2.29. The minimum Gasteiger partial charge on any atom is -0.508 e. The Balaban J connectivity index is 1.62. The Labute approximate surface area is 222 Å². The van der Waals surface area contributed by atoms with Crippen LogP contribution in [0.25, 0.3) is 33.6 Å². The first-order valence-corrected chi connectivity index (χ1v) is 12.5. The Morgan fingerprint density at radius 1 is 0.946 bits per heavy atom. The van der Waals surface area contributed by atoms with Crippen molar-refractivity contribution < 1.29 is 24.2 Å². The fourth-order valence-corrected chi connectivity index (χ4v) is 4.40. The molecule has 0 unspecified atom stereocenters. The number of hydrogen-bond donors (Lipinski definition) is 1.